The first-order valence-electron chi connectivity index (χ1n) is 46.6. The molecule has 6 N–H and O–H groups in total. The van der Waals surface area contributed by atoms with E-state index in [9.17, 15) is 85.8 Å². The molecule has 13 rings (SSSR count). The summed E-state index contributed by atoms with van der Waals surface area (Å²) in [6.45, 7) is 22.9. The number of anilines is 6. The number of pyridine rings is 6. The van der Waals surface area contributed by atoms with E-state index in [1.165, 1.54) is 92.1 Å². The van der Waals surface area contributed by atoms with Crippen LogP contribution in [0.2, 0.25) is 0 Å². The molecule has 6 aromatic rings. The number of hydrogen-bond acceptors (Lipinski definition) is 21. The molecule has 6 amide bonds. The highest BCUT2D eigenvalue weighted by atomic mass is 19.4. The van der Waals surface area contributed by atoms with Crippen LogP contribution in [0.15, 0.2) is 162 Å². The maximum absolute atomic E-state index is 13.2. The van der Waals surface area contributed by atoms with Crippen molar-refractivity contribution < 1.29 is 128 Å². The van der Waals surface area contributed by atoms with Crippen molar-refractivity contribution in [1.82, 2.24) is 29.9 Å². The number of halogens is 13. The Morgan fingerprint density at radius 2 is 0.657 bits per heavy atom. The van der Waals surface area contributed by atoms with Crippen molar-refractivity contribution in [3.63, 3.8) is 0 Å². The highest BCUT2D eigenvalue weighted by Gasteiger charge is 2.53. The Hall–Kier alpha value is -12.9. The number of carbonyl (C=O) groups is 6. The average molecular weight is 2020 g/mol. The molecule has 143 heavy (non-hydrogen) atoms. The Morgan fingerprint density at radius 3 is 0.979 bits per heavy atom. The summed E-state index contributed by atoms with van der Waals surface area (Å²) in [6.07, 6.45) is 23.0. The van der Waals surface area contributed by atoms with Crippen molar-refractivity contribution in [3.8, 4) is 34.9 Å². The number of carbonyl (C=O) groups excluding carboxylic acids is 6. The van der Waals surface area contributed by atoms with Gasteiger partial charge in [0, 0.05) is 59.1 Å². The van der Waals surface area contributed by atoms with Gasteiger partial charge < -0.3 is 74.5 Å². The van der Waals surface area contributed by atoms with Gasteiger partial charge in [0.1, 0.15) is 34.7 Å². The molecule has 7 fully saturated rings. The topological polar surface area (TPSA) is 335 Å². The van der Waals surface area contributed by atoms with Gasteiger partial charge in [0.15, 0.2) is 0 Å². The molecule has 7 aliphatic carbocycles. The van der Waals surface area contributed by atoms with Gasteiger partial charge in [0.05, 0.1) is 152 Å². The lowest BCUT2D eigenvalue weighted by Crippen LogP contribution is -2.32. The Balaban J connectivity index is 0.000000210. The van der Waals surface area contributed by atoms with E-state index in [0.717, 1.165) is 47.1 Å². The summed E-state index contributed by atoms with van der Waals surface area (Å²) < 4.78 is 216. The minimum atomic E-state index is -4.13. The van der Waals surface area contributed by atoms with E-state index in [1.807, 2.05) is 42.5 Å². The molecule has 0 aromatic carbocycles. The second-order valence-electron chi connectivity index (χ2n) is 35.3. The number of methoxy groups -OCH3 is 6. The first-order chi connectivity index (χ1) is 67.9. The van der Waals surface area contributed by atoms with Gasteiger partial charge in [-0.05, 0) is 231 Å². The van der Waals surface area contributed by atoms with Crippen LogP contribution in [0.25, 0.3) is 18.2 Å². The van der Waals surface area contributed by atoms with Gasteiger partial charge in [-0.3, -0.25) is 28.8 Å². The number of allylic oxidation sites excluding steroid dienone is 3. The number of nitrogens with zero attached hydrogens (tertiary/aromatic N) is 6. The normalized spacial score (nSPS) is 19.6. The largest absolute Gasteiger partial charge is 0.495 e. The van der Waals surface area contributed by atoms with Crippen LogP contribution < -0.4 is 60.3 Å². The molecule has 7 aliphatic rings. The van der Waals surface area contributed by atoms with Gasteiger partial charge in [-0.2, -0.15) is 39.5 Å². The lowest BCUT2D eigenvalue weighted by Gasteiger charge is -2.35. The van der Waals surface area contributed by atoms with Crippen molar-refractivity contribution in [2.45, 2.75) is 230 Å². The van der Waals surface area contributed by atoms with E-state index in [2.05, 4.69) is 101 Å². The van der Waals surface area contributed by atoms with Crippen LogP contribution in [0.5, 0.6) is 34.9 Å². The molecule has 0 saturated heterocycles. The quantitative estimate of drug-likeness (QED) is 0.0165. The first kappa shape index (κ1) is 115. The standard InChI is InChI=1S/C19H23F3N2O2.C18H21F3N2O2.C17H21F3N2O3.C17H20F2N2O2.C16H20F2N2O3.C16H20N2O3/c1-4-17(25)24-16-11-14(18(26-3)12(2)23-16)8-5-13-6-9-15(10-7-13)19(20,21)22;1-3-17(24)23-16-10-13(15(25-2)11-22-16)7-4-12-5-8-14(9-6-12)18(19,20)21;1-3-15(23)22-13-8-11(16(24-2)21-9-13)10-25-14-6-4-12(5-7-14)17(18,19)20;1-3-16(22)21-15-10-13(14(23-2)11-20-15)5-4-12-6-8-17(18,19)9-7-12;1-3-14(21)20-12-8-11(15(22-2)19-9-12)10-23-13-4-6-16(17,18)7-5-13;1-3-14(19)18-12-6-11(15(20-2)17-9-12)10-21-13-7-16(8-13)4-5-16/h4-5,8,11,13,15H,1,6-7,9-10H2,2-3H3,(H,23,24,25);3-4,7,10-12,14H,1,5-6,8-9H2,2H3,(H,22,23,24);3,8-9,12,14H,1,4-7,10H2,2H3,(H,22,23);3-5,10-12H,1,6-9H2,2H3,(H,20,21,22);3,8-9,13H,1,4-7,10H2,2H3,(H,20,21);3,6,9,13H,1,4-5,7-8,10H2,2H3,(H,18,19)/b8-5+;7-4+;;5-4+;;. The molecule has 0 bridgehead atoms. The highest BCUT2D eigenvalue weighted by molar-refractivity contribution is 6.01. The molecule has 6 heterocycles. The van der Waals surface area contributed by atoms with Crippen LogP contribution in [0, 0.1) is 47.8 Å². The number of aromatic nitrogens is 6. The van der Waals surface area contributed by atoms with E-state index < -0.39 is 48.1 Å². The third kappa shape index (κ3) is 38.4. The van der Waals surface area contributed by atoms with Gasteiger partial charge in [0.25, 0.3) is 0 Å². The van der Waals surface area contributed by atoms with Crippen LogP contribution in [0.1, 0.15) is 193 Å². The van der Waals surface area contributed by atoms with Crippen molar-refractivity contribution >= 4 is 88.2 Å². The summed E-state index contributed by atoms with van der Waals surface area (Å²) in [5, 5.41) is 15.6. The number of ether oxygens (including phenoxy) is 9. The number of rotatable bonds is 33. The second kappa shape index (κ2) is 55.1. The van der Waals surface area contributed by atoms with Gasteiger partial charge in [-0.1, -0.05) is 75.9 Å². The molecule has 1 spiro atoms. The number of aryl methyl sites for hydroxylation is 1. The van der Waals surface area contributed by atoms with E-state index in [1.54, 1.807) is 50.6 Å². The Morgan fingerprint density at radius 1 is 0.357 bits per heavy atom. The van der Waals surface area contributed by atoms with Gasteiger partial charge in [-0.25, -0.2) is 47.5 Å². The van der Waals surface area contributed by atoms with E-state index in [0.29, 0.717) is 174 Å². The summed E-state index contributed by atoms with van der Waals surface area (Å²) >= 11 is 0. The Labute approximate surface area is 823 Å². The molecule has 0 atom stereocenters. The number of hydrogen-bond donors (Lipinski definition) is 6. The summed E-state index contributed by atoms with van der Waals surface area (Å²) in [5.41, 5.74) is 7.07. The molecule has 778 valence electrons. The zero-order valence-corrected chi connectivity index (χ0v) is 81.0. The van der Waals surface area contributed by atoms with Crippen molar-refractivity contribution in [3.05, 3.63) is 201 Å². The Bertz CT molecular complexity index is 5370. The monoisotopic (exact) mass is 2020 g/mol. The zero-order chi connectivity index (χ0) is 105. The first-order valence-corrected chi connectivity index (χ1v) is 46.6. The summed E-state index contributed by atoms with van der Waals surface area (Å²) in [7, 11) is 9.08. The van der Waals surface area contributed by atoms with E-state index >= 15 is 0 Å². The minimum absolute atomic E-state index is 0.0733. The molecule has 27 nitrogen and oxygen atoms in total. The van der Waals surface area contributed by atoms with Gasteiger partial charge >= 0.3 is 18.5 Å². The van der Waals surface area contributed by atoms with Crippen LogP contribution in [-0.2, 0) is 62.8 Å². The van der Waals surface area contributed by atoms with E-state index in [4.69, 9.17) is 42.6 Å². The van der Waals surface area contributed by atoms with Gasteiger partial charge in [-0.15, -0.1) is 0 Å². The van der Waals surface area contributed by atoms with Gasteiger partial charge in [0.2, 0.25) is 64.9 Å². The zero-order valence-electron chi connectivity index (χ0n) is 81.0. The van der Waals surface area contributed by atoms with Crippen molar-refractivity contribution in [2.75, 3.05) is 74.6 Å². The number of amides is 6. The third-order valence-corrected chi connectivity index (χ3v) is 25.0. The third-order valence-electron chi connectivity index (χ3n) is 25.0. The van der Waals surface area contributed by atoms with Crippen LogP contribution in [0.3, 0.4) is 0 Å². The summed E-state index contributed by atoms with van der Waals surface area (Å²) in [5.74, 6) is -6.47. The average Bonchev–Trinajstić information content (AvgIpc) is 1.60. The smallest absolute Gasteiger partial charge is 0.391 e. The van der Waals surface area contributed by atoms with Crippen LogP contribution in [-0.4, -0.2) is 157 Å². The Kier molecular flexibility index (Phi) is 44.5. The van der Waals surface area contributed by atoms with Crippen molar-refractivity contribution in [1.29, 1.82) is 0 Å². The fraction of sp³-hybridized carbons (Fsp3) is 0.476. The molecule has 6 aromatic heterocycles. The summed E-state index contributed by atoms with van der Waals surface area (Å²) in [4.78, 5) is 92.9. The highest BCUT2D eigenvalue weighted by Crippen LogP contribution is 2.61. The van der Waals surface area contributed by atoms with Crippen LogP contribution >= 0.6 is 0 Å². The molecular weight excluding hydrogens is 1890 g/mol. The molecular formula is C103H125F13N12O15. The lowest BCUT2D eigenvalue weighted by atomic mass is 9.79. The van der Waals surface area contributed by atoms with Crippen LogP contribution in [0.4, 0.5) is 91.6 Å². The molecule has 40 heteroatoms. The maximum atomic E-state index is 13.2. The predicted molar refractivity (Wildman–Crippen MR) is 518 cm³/mol. The lowest BCUT2D eigenvalue weighted by molar-refractivity contribution is -0.188. The molecule has 7 saturated carbocycles. The minimum Gasteiger partial charge on any atom is -0.495 e. The SMILES string of the molecule is C=CC(=O)Nc1cc(/C=C/C2CCC(C(F)(F)F)CC2)c(OC)c(C)n1.C=CC(=O)Nc1cc(/C=C/C2CCC(C(F)(F)F)CC2)c(OC)cn1.C=CC(=O)Nc1cc(/C=C/C2CCC(F)(F)CC2)c(OC)cn1.C=CC(=O)Nc1cnc(OC)c(COC2CC3(CC3)C2)c1.C=CC(=O)Nc1cnc(OC)c(COC2CCC(C(F)(F)F)CC2)c1.C=CC(=O)Nc1cnc(OC)c(COC2CCC(F)(F)CC2)c1. The summed E-state index contributed by atoms with van der Waals surface area (Å²) in [6, 6.07) is 10.2. The predicted octanol–water partition coefficient (Wildman–Crippen LogP) is 23.4. The molecule has 0 radical (unpaired) electrons. The van der Waals surface area contributed by atoms with E-state index in [-0.39, 0.29) is 143 Å². The second-order valence-corrected chi connectivity index (χ2v) is 35.3. The number of nitrogens with one attached hydrogen (secondary N) is 6. The fourth-order valence-corrected chi connectivity index (χ4v) is 16.7. The molecule has 0 unspecified atom stereocenters. The molecule has 0 aliphatic heterocycles. The fourth-order valence-electron chi connectivity index (χ4n) is 16.7. The number of alkyl halides is 13. The maximum Gasteiger partial charge on any atom is 0.391 e. The van der Waals surface area contributed by atoms with Crippen molar-refractivity contribution in [2.24, 2.45) is 40.9 Å².